The fourth-order valence-electron chi connectivity index (χ4n) is 3.36. The summed E-state index contributed by atoms with van der Waals surface area (Å²) < 4.78 is 5.76. The fraction of sp³-hybridized carbons (Fsp3) is 0.933. The van der Waals surface area contributed by atoms with Gasteiger partial charge in [-0.05, 0) is 38.6 Å². The molecule has 0 aromatic heterocycles. The largest absolute Gasteiger partial charge is 0.378 e. The summed E-state index contributed by atoms with van der Waals surface area (Å²) in [5.41, 5.74) is 0. The van der Waals surface area contributed by atoms with Crippen molar-refractivity contribution in [3.05, 3.63) is 0 Å². The molecule has 0 saturated carbocycles. The van der Waals surface area contributed by atoms with E-state index in [1.165, 1.54) is 0 Å². The molecule has 2 aliphatic rings. The lowest BCUT2D eigenvalue weighted by Crippen LogP contribution is -2.44. The van der Waals surface area contributed by atoms with Crippen molar-refractivity contribution in [3.63, 3.8) is 0 Å². The van der Waals surface area contributed by atoms with Crippen LogP contribution in [0.3, 0.4) is 0 Å². The highest BCUT2D eigenvalue weighted by Crippen LogP contribution is 2.26. The van der Waals surface area contributed by atoms with Gasteiger partial charge in [0.1, 0.15) is 0 Å². The summed E-state index contributed by atoms with van der Waals surface area (Å²) >= 11 is 0. The molecule has 19 heavy (non-hydrogen) atoms. The maximum Gasteiger partial charge on any atom is 0.223 e. The summed E-state index contributed by atoms with van der Waals surface area (Å²) in [7, 11) is 0. The van der Waals surface area contributed by atoms with Crippen molar-refractivity contribution in [1.82, 2.24) is 10.6 Å². The van der Waals surface area contributed by atoms with Gasteiger partial charge < -0.3 is 15.4 Å². The Labute approximate surface area is 116 Å². The predicted molar refractivity (Wildman–Crippen MR) is 75.9 cm³/mol. The predicted octanol–water partition coefficient (Wildman–Crippen LogP) is 1.55. The van der Waals surface area contributed by atoms with Gasteiger partial charge >= 0.3 is 0 Å². The molecule has 2 unspecified atom stereocenters. The van der Waals surface area contributed by atoms with Crippen LogP contribution < -0.4 is 10.6 Å². The average Bonchev–Trinajstić information content (AvgIpc) is 2.84. The third-order valence-electron chi connectivity index (χ3n) is 4.45. The van der Waals surface area contributed by atoms with Crippen molar-refractivity contribution in [2.75, 3.05) is 19.7 Å². The first-order valence-corrected chi connectivity index (χ1v) is 7.70. The van der Waals surface area contributed by atoms with Crippen LogP contribution in [0.1, 0.15) is 40.0 Å². The van der Waals surface area contributed by atoms with Crippen molar-refractivity contribution in [2.24, 2.45) is 17.8 Å². The zero-order valence-corrected chi connectivity index (χ0v) is 12.4. The van der Waals surface area contributed by atoms with Crippen LogP contribution in [0.4, 0.5) is 0 Å². The van der Waals surface area contributed by atoms with Gasteiger partial charge in [-0.2, -0.15) is 0 Å². The van der Waals surface area contributed by atoms with E-state index in [2.05, 4.69) is 31.4 Å². The van der Waals surface area contributed by atoms with Crippen LogP contribution in [0.2, 0.25) is 0 Å². The Morgan fingerprint density at radius 3 is 2.89 bits per heavy atom. The van der Waals surface area contributed by atoms with Crippen LogP contribution in [0, 0.1) is 17.8 Å². The SMILES string of the molecule is CC(C)C1OCCC1CNC(=O)[C@H]1CCN[C@@H](C)C1. The zero-order valence-electron chi connectivity index (χ0n) is 12.4. The molecule has 0 spiro atoms. The van der Waals surface area contributed by atoms with Crippen molar-refractivity contribution in [2.45, 2.75) is 52.2 Å². The summed E-state index contributed by atoms with van der Waals surface area (Å²) in [5.74, 6) is 1.45. The van der Waals surface area contributed by atoms with Gasteiger partial charge in [0.15, 0.2) is 0 Å². The van der Waals surface area contributed by atoms with E-state index < -0.39 is 0 Å². The molecule has 2 heterocycles. The quantitative estimate of drug-likeness (QED) is 0.813. The Morgan fingerprint density at radius 2 is 2.21 bits per heavy atom. The summed E-state index contributed by atoms with van der Waals surface area (Å²) in [5, 5.41) is 6.54. The minimum Gasteiger partial charge on any atom is -0.378 e. The minimum atomic E-state index is 0.191. The van der Waals surface area contributed by atoms with Gasteiger partial charge in [0, 0.05) is 31.0 Å². The third-order valence-corrected chi connectivity index (χ3v) is 4.45. The lowest BCUT2D eigenvalue weighted by molar-refractivity contribution is -0.126. The molecular formula is C15H28N2O2. The molecule has 0 radical (unpaired) electrons. The molecule has 1 amide bonds. The number of nitrogens with one attached hydrogen (secondary N) is 2. The highest BCUT2D eigenvalue weighted by atomic mass is 16.5. The molecule has 2 saturated heterocycles. The van der Waals surface area contributed by atoms with Crippen LogP contribution in [0.25, 0.3) is 0 Å². The zero-order chi connectivity index (χ0) is 13.8. The molecule has 2 fully saturated rings. The number of piperidine rings is 1. The second-order valence-electron chi connectivity index (χ2n) is 6.45. The van der Waals surface area contributed by atoms with Crippen molar-refractivity contribution in [3.8, 4) is 0 Å². The average molecular weight is 268 g/mol. The van der Waals surface area contributed by atoms with Crippen molar-refractivity contribution in [1.29, 1.82) is 0 Å². The summed E-state index contributed by atoms with van der Waals surface area (Å²) in [6, 6.07) is 0.461. The van der Waals surface area contributed by atoms with E-state index in [0.717, 1.165) is 39.0 Å². The van der Waals surface area contributed by atoms with Crippen LogP contribution in [-0.2, 0) is 9.53 Å². The number of hydrogen-bond acceptors (Lipinski definition) is 3. The van der Waals surface area contributed by atoms with Gasteiger partial charge in [-0.1, -0.05) is 13.8 Å². The lowest BCUT2D eigenvalue weighted by atomic mass is 9.91. The highest BCUT2D eigenvalue weighted by Gasteiger charge is 2.32. The minimum absolute atomic E-state index is 0.191. The molecule has 0 aromatic carbocycles. The van der Waals surface area contributed by atoms with Gasteiger partial charge in [0.05, 0.1) is 6.10 Å². The van der Waals surface area contributed by atoms with Crippen LogP contribution in [0.15, 0.2) is 0 Å². The number of ether oxygens (including phenoxy) is 1. The van der Waals surface area contributed by atoms with E-state index in [1.54, 1.807) is 0 Å². The van der Waals surface area contributed by atoms with Gasteiger partial charge in [0.25, 0.3) is 0 Å². The van der Waals surface area contributed by atoms with E-state index >= 15 is 0 Å². The molecule has 0 aromatic rings. The number of rotatable bonds is 4. The molecule has 4 nitrogen and oxygen atoms in total. The first kappa shape index (κ1) is 14.8. The molecule has 2 aliphatic heterocycles. The molecular weight excluding hydrogens is 240 g/mol. The topological polar surface area (TPSA) is 50.4 Å². The normalized spacial score (nSPS) is 35.6. The van der Waals surface area contributed by atoms with Crippen LogP contribution in [-0.4, -0.2) is 37.7 Å². The molecule has 2 N–H and O–H groups in total. The number of carbonyl (C=O) groups is 1. The maximum atomic E-state index is 12.2. The first-order valence-electron chi connectivity index (χ1n) is 7.70. The summed E-state index contributed by atoms with van der Waals surface area (Å²) in [6.07, 6.45) is 3.31. The van der Waals surface area contributed by atoms with Gasteiger partial charge in [-0.15, -0.1) is 0 Å². The molecule has 0 bridgehead atoms. The van der Waals surface area contributed by atoms with E-state index in [1.807, 2.05) is 0 Å². The lowest BCUT2D eigenvalue weighted by Gasteiger charge is -2.28. The van der Waals surface area contributed by atoms with Crippen LogP contribution in [0.5, 0.6) is 0 Å². The van der Waals surface area contributed by atoms with E-state index in [-0.39, 0.29) is 11.8 Å². The molecule has 0 aliphatic carbocycles. The Kier molecular flexibility index (Phi) is 5.22. The number of amides is 1. The summed E-state index contributed by atoms with van der Waals surface area (Å²) in [6.45, 7) is 9.12. The van der Waals surface area contributed by atoms with E-state index in [0.29, 0.717) is 24.0 Å². The van der Waals surface area contributed by atoms with Crippen molar-refractivity contribution < 1.29 is 9.53 Å². The Balaban J connectivity index is 1.76. The molecule has 110 valence electrons. The smallest absolute Gasteiger partial charge is 0.223 e. The Bertz CT molecular complexity index is 307. The first-order chi connectivity index (χ1) is 9.08. The second kappa shape index (κ2) is 6.71. The maximum absolute atomic E-state index is 12.2. The Hall–Kier alpha value is -0.610. The van der Waals surface area contributed by atoms with E-state index in [9.17, 15) is 4.79 Å². The fourth-order valence-corrected chi connectivity index (χ4v) is 3.36. The van der Waals surface area contributed by atoms with Gasteiger partial charge in [-0.3, -0.25) is 4.79 Å². The molecule has 4 heteroatoms. The van der Waals surface area contributed by atoms with E-state index in [4.69, 9.17) is 4.74 Å². The molecule has 2 rings (SSSR count). The van der Waals surface area contributed by atoms with Gasteiger partial charge in [-0.25, -0.2) is 0 Å². The monoisotopic (exact) mass is 268 g/mol. The molecule has 4 atom stereocenters. The Morgan fingerprint density at radius 1 is 1.42 bits per heavy atom. The summed E-state index contributed by atoms with van der Waals surface area (Å²) in [4.78, 5) is 12.2. The number of hydrogen-bond donors (Lipinski definition) is 2. The standard InChI is InChI=1S/C15H28N2O2/c1-10(2)14-13(5-7-19-14)9-17-15(18)12-4-6-16-11(3)8-12/h10-14,16H,4-9H2,1-3H3,(H,17,18)/t11-,12-,13?,14?/m0/s1. The van der Waals surface area contributed by atoms with Crippen molar-refractivity contribution >= 4 is 5.91 Å². The number of carbonyl (C=O) groups excluding carboxylic acids is 1. The van der Waals surface area contributed by atoms with Gasteiger partial charge in [0.2, 0.25) is 5.91 Å². The second-order valence-corrected chi connectivity index (χ2v) is 6.45. The third kappa shape index (κ3) is 3.93. The highest BCUT2D eigenvalue weighted by molar-refractivity contribution is 5.78. The van der Waals surface area contributed by atoms with Crippen LogP contribution >= 0.6 is 0 Å².